The number of rotatable bonds is 1. The van der Waals surface area contributed by atoms with Crippen LogP contribution in [0.5, 0.6) is 0 Å². The second kappa shape index (κ2) is 2.62. The van der Waals surface area contributed by atoms with Gasteiger partial charge in [0.15, 0.2) is 17.9 Å². The lowest BCUT2D eigenvalue weighted by Crippen LogP contribution is -1.87. The molecule has 2 rings (SSSR count). The molecule has 0 saturated heterocycles. The zero-order valence-corrected chi connectivity index (χ0v) is 6.34. The van der Waals surface area contributed by atoms with E-state index in [0.717, 1.165) is 6.07 Å². The first-order valence-corrected chi connectivity index (χ1v) is 3.51. The number of nitrogens with zero attached hydrogens (tertiary/aromatic N) is 1. The van der Waals surface area contributed by atoms with Crippen LogP contribution in [0.15, 0.2) is 12.1 Å². The van der Waals surface area contributed by atoms with Gasteiger partial charge in [-0.2, -0.15) is 5.10 Å². The Morgan fingerprint density at radius 2 is 2.15 bits per heavy atom. The molecule has 0 bridgehead atoms. The van der Waals surface area contributed by atoms with Crippen LogP contribution in [-0.2, 0) is 0 Å². The van der Waals surface area contributed by atoms with Gasteiger partial charge in [0, 0.05) is 0 Å². The molecular formula is C8H4F2N2O. The van der Waals surface area contributed by atoms with E-state index in [4.69, 9.17) is 0 Å². The average Bonchev–Trinajstić information content (AvgIpc) is 2.55. The van der Waals surface area contributed by atoms with Crippen molar-refractivity contribution >= 4 is 17.2 Å². The van der Waals surface area contributed by atoms with E-state index < -0.39 is 11.6 Å². The minimum absolute atomic E-state index is 0.0491. The van der Waals surface area contributed by atoms with Gasteiger partial charge in [0.2, 0.25) is 0 Å². The van der Waals surface area contributed by atoms with Crippen LogP contribution in [0.3, 0.4) is 0 Å². The van der Waals surface area contributed by atoms with Crippen molar-refractivity contribution in [3.63, 3.8) is 0 Å². The highest BCUT2D eigenvalue weighted by Gasteiger charge is 2.13. The van der Waals surface area contributed by atoms with Crippen molar-refractivity contribution in [3.8, 4) is 0 Å². The van der Waals surface area contributed by atoms with Crippen molar-refractivity contribution in [1.29, 1.82) is 0 Å². The zero-order valence-electron chi connectivity index (χ0n) is 6.34. The second-order valence-electron chi connectivity index (χ2n) is 2.51. The van der Waals surface area contributed by atoms with Crippen LogP contribution in [0.4, 0.5) is 8.78 Å². The molecule has 0 radical (unpaired) electrons. The smallest absolute Gasteiger partial charge is 0.170 e. The van der Waals surface area contributed by atoms with Gasteiger partial charge in [-0.15, -0.1) is 0 Å². The summed E-state index contributed by atoms with van der Waals surface area (Å²) in [5, 5.41) is 5.83. The Hall–Kier alpha value is -1.78. The summed E-state index contributed by atoms with van der Waals surface area (Å²) in [5.41, 5.74) is 0.188. The van der Waals surface area contributed by atoms with E-state index in [1.54, 1.807) is 0 Å². The largest absolute Gasteiger partial charge is 0.296 e. The third-order valence-electron chi connectivity index (χ3n) is 1.76. The highest BCUT2D eigenvalue weighted by atomic mass is 19.2. The molecule has 0 amide bonds. The Bertz CT molecular complexity index is 478. The third-order valence-corrected chi connectivity index (χ3v) is 1.76. The Kier molecular flexibility index (Phi) is 1.58. The number of benzene rings is 1. The second-order valence-corrected chi connectivity index (χ2v) is 2.51. The summed E-state index contributed by atoms with van der Waals surface area (Å²) >= 11 is 0. The van der Waals surface area contributed by atoms with Gasteiger partial charge in [-0.25, -0.2) is 8.78 Å². The Morgan fingerprint density at radius 1 is 1.38 bits per heavy atom. The molecule has 1 heterocycles. The van der Waals surface area contributed by atoms with E-state index in [1.165, 1.54) is 6.07 Å². The molecule has 0 saturated carbocycles. The summed E-state index contributed by atoms with van der Waals surface area (Å²) in [5.74, 6) is -2.04. The number of carbonyl (C=O) groups excluding carboxylic acids is 1. The average molecular weight is 182 g/mol. The fourth-order valence-corrected chi connectivity index (χ4v) is 1.15. The lowest BCUT2D eigenvalue weighted by molar-refractivity contribution is 0.112. The van der Waals surface area contributed by atoms with Crippen LogP contribution in [0.2, 0.25) is 0 Å². The number of aromatic amines is 1. The van der Waals surface area contributed by atoms with E-state index in [0.29, 0.717) is 6.29 Å². The molecular weight excluding hydrogens is 178 g/mol. The minimum atomic E-state index is -1.05. The SMILES string of the molecule is O=Cc1[nH]nc2ccc(F)c(F)c12. The topological polar surface area (TPSA) is 45.8 Å². The van der Waals surface area contributed by atoms with Gasteiger partial charge in [-0.1, -0.05) is 0 Å². The van der Waals surface area contributed by atoms with Gasteiger partial charge in [0.05, 0.1) is 10.9 Å². The number of fused-ring (bicyclic) bond motifs is 1. The van der Waals surface area contributed by atoms with Gasteiger partial charge in [-0.05, 0) is 12.1 Å². The molecule has 66 valence electrons. The number of aromatic nitrogens is 2. The van der Waals surface area contributed by atoms with Crippen molar-refractivity contribution in [2.45, 2.75) is 0 Å². The zero-order chi connectivity index (χ0) is 9.42. The third kappa shape index (κ3) is 1.00. The van der Waals surface area contributed by atoms with Gasteiger partial charge >= 0.3 is 0 Å². The molecule has 0 fully saturated rings. The number of H-pyrrole nitrogens is 1. The summed E-state index contributed by atoms with van der Waals surface area (Å²) in [6.45, 7) is 0. The minimum Gasteiger partial charge on any atom is -0.296 e. The molecule has 3 nitrogen and oxygen atoms in total. The molecule has 0 unspecified atom stereocenters. The Morgan fingerprint density at radius 3 is 2.85 bits per heavy atom. The van der Waals surface area contributed by atoms with Crippen LogP contribution in [0, 0.1) is 11.6 Å². The van der Waals surface area contributed by atoms with Gasteiger partial charge < -0.3 is 0 Å². The fourth-order valence-electron chi connectivity index (χ4n) is 1.15. The number of nitrogens with one attached hydrogen (secondary N) is 1. The molecule has 0 aliphatic heterocycles. The predicted octanol–water partition coefficient (Wildman–Crippen LogP) is 1.65. The molecule has 0 atom stereocenters. The highest BCUT2D eigenvalue weighted by Crippen LogP contribution is 2.20. The number of halogens is 2. The Labute approximate surface area is 71.4 Å². The van der Waals surface area contributed by atoms with Gasteiger partial charge in [-0.3, -0.25) is 9.89 Å². The van der Waals surface area contributed by atoms with Crippen LogP contribution < -0.4 is 0 Å². The monoisotopic (exact) mass is 182 g/mol. The van der Waals surface area contributed by atoms with E-state index >= 15 is 0 Å². The van der Waals surface area contributed by atoms with Crippen molar-refractivity contribution in [2.75, 3.05) is 0 Å². The van der Waals surface area contributed by atoms with E-state index in [1.807, 2.05) is 0 Å². The van der Waals surface area contributed by atoms with E-state index in [-0.39, 0.29) is 16.6 Å². The standard InChI is InChI=1S/C8H4F2N2O/c9-4-1-2-5-7(8(4)10)6(3-13)12-11-5/h1-3H,(H,11,12). The number of carbonyl (C=O) groups is 1. The molecule has 13 heavy (non-hydrogen) atoms. The normalized spacial score (nSPS) is 10.6. The quantitative estimate of drug-likeness (QED) is 0.681. The van der Waals surface area contributed by atoms with Gasteiger partial charge in [0.1, 0.15) is 5.69 Å². The van der Waals surface area contributed by atoms with Crippen LogP contribution >= 0.6 is 0 Å². The molecule has 0 spiro atoms. The van der Waals surface area contributed by atoms with Crippen molar-refractivity contribution < 1.29 is 13.6 Å². The fraction of sp³-hybridized carbons (Fsp3) is 0. The maximum Gasteiger partial charge on any atom is 0.170 e. The van der Waals surface area contributed by atoms with Crippen molar-refractivity contribution in [1.82, 2.24) is 10.2 Å². The summed E-state index contributed by atoms with van der Waals surface area (Å²) in [4.78, 5) is 10.4. The summed E-state index contributed by atoms with van der Waals surface area (Å²) in [7, 11) is 0. The number of aldehydes is 1. The van der Waals surface area contributed by atoms with E-state index in [9.17, 15) is 13.6 Å². The number of hydrogen-bond donors (Lipinski definition) is 1. The molecule has 0 aliphatic carbocycles. The highest BCUT2D eigenvalue weighted by molar-refractivity contribution is 5.95. The number of hydrogen-bond acceptors (Lipinski definition) is 2. The van der Waals surface area contributed by atoms with Crippen LogP contribution in [0.1, 0.15) is 10.5 Å². The summed E-state index contributed by atoms with van der Waals surface area (Å²) in [6.07, 6.45) is 0.401. The predicted molar refractivity (Wildman–Crippen MR) is 41.4 cm³/mol. The molecule has 1 aromatic heterocycles. The summed E-state index contributed by atoms with van der Waals surface area (Å²) in [6, 6.07) is 2.27. The summed E-state index contributed by atoms with van der Waals surface area (Å²) < 4.78 is 25.8. The first-order valence-electron chi connectivity index (χ1n) is 3.51. The van der Waals surface area contributed by atoms with E-state index in [2.05, 4.69) is 10.2 Å². The maximum atomic E-state index is 13.1. The van der Waals surface area contributed by atoms with Crippen LogP contribution in [-0.4, -0.2) is 16.5 Å². The molecule has 2 aromatic rings. The van der Waals surface area contributed by atoms with Gasteiger partial charge in [0.25, 0.3) is 0 Å². The first-order chi connectivity index (χ1) is 6.24. The maximum absolute atomic E-state index is 13.1. The van der Waals surface area contributed by atoms with Crippen LogP contribution in [0.25, 0.3) is 10.9 Å². The first kappa shape index (κ1) is 7.85. The Balaban J connectivity index is 2.93. The molecule has 1 N–H and O–H groups in total. The molecule has 0 aliphatic rings. The van der Waals surface area contributed by atoms with Crippen molar-refractivity contribution in [2.24, 2.45) is 0 Å². The molecule has 1 aromatic carbocycles. The van der Waals surface area contributed by atoms with Crippen molar-refractivity contribution in [3.05, 3.63) is 29.5 Å². The lowest BCUT2D eigenvalue weighted by Gasteiger charge is -1.92. The molecule has 5 heteroatoms. The lowest BCUT2D eigenvalue weighted by atomic mass is 10.2.